The first kappa shape index (κ1) is 12.8. The first-order valence-electron chi connectivity index (χ1n) is 4.95. The van der Waals surface area contributed by atoms with E-state index >= 15 is 0 Å². The fourth-order valence-corrected chi connectivity index (χ4v) is 2.21. The maximum Gasteiger partial charge on any atom is 0.0455 e. The summed E-state index contributed by atoms with van der Waals surface area (Å²) in [6.07, 6.45) is 0. The van der Waals surface area contributed by atoms with Gasteiger partial charge in [0, 0.05) is 10.0 Å². The van der Waals surface area contributed by atoms with E-state index in [0.29, 0.717) is 23.1 Å². The van der Waals surface area contributed by atoms with Gasteiger partial charge in [-0.3, -0.25) is 0 Å². The summed E-state index contributed by atoms with van der Waals surface area (Å²) in [6.45, 7) is 3.22. The Kier molecular flexibility index (Phi) is 4.87. The average molecular weight is 247 g/mol. The Labute approximate surface area is 101 Å². The molecule has 4 N–H and O–H groups in total. The van der Waals surface area contributed by atoms with Crippen LogP contribution in [0, 0.1) is 5.92 Å². The van der Waals surface area contributed by atoms with Gasteiger partial charge in [-0.15, -0.1) is 0 Å². The van der Waals surface area contributed by atoms with Crippen LogP contribution in [0.25, 0.3) is 0 Å². The Bertz CT molecular complexity index is 324. The first-order valence-corrected chi connectivity index (χ1v) is 5.70. The molecule has 0 heterocycles. The van der Waals surface area contributed by atoms with Gasteiger partial charge in [0.05, 0.1) is 0 Å². The van der Waals surface area contributed by atoms with Crippen LogP contribution in [0.5, 0.6) is 0 Å². The van der Waals surface area contributed by atoms with Crippen molar-refractivity contribution < 1.29 is 0 Å². The quantitative estimate of drug-likeness (QED) is 0.859. The lowest BCUT2D eigenvalue weighted by Crippen LogP contribution is -2.28. The summed E-state index contributed by atoms with van der Waals surface area (Å²) < 4.78 is 0. The molecule has 0 fully saturated rings. The SMILES string of the molecule is CC(c1ccc(Cl)cc1Cl)C(CN)CN. The zero-order valence-corrected chi connectivity index (χ0v) is 10.2. The van der Waals surface area contributed by atoms with E-state index in [1.54, 1.807) is 6.07 Å². The second kappa shape index (κ2) is 5.71. The Hall–Kier alpha value is -0.280. The van der Waals surface area contributed by atoms with Gasteiger partial charge in [0.25, 0.3) is 0 Å². The van der Waals surface area contributed by atoms with E-state index in [1.807, 2.05) is 12.1 Å². The normalized spacial score (nSPS) is 13.2. The van der Waals surface area contributed by atoms with E-state index in [-0.39, 0.29) is 11.8 Å². The van der Waals surface area contributed by atoms with E-state index in [0.717, 1.165) is 5.56 Å². The number of nitrogens with two attached hydrogens (primary N) is 2. The molecule has 15 heavy (non-hydrogen) atoms. The topological polar surface area (TPSA) is 52.0 Å². The van der Waals surface area contributed by atoms with Crippen LogP contribution in [0.4, 0.5) is 0 Å². The Morgan fingerprint density at radius 2 is 1.80 bits per heavy atom. The number of halogens is 2. The lowest BCUT2D eigenvalue weighted by atomic mass is 9.87. The lowest BCUT2D eigenvalue weighted by molar-refractivity contribution is 0.467. The van der Waals surface area contributed by atoms with Gasteiger partial charge >= 0.3 is 0 Å². The zero-order chi connectivity index (χ0) is 11.4. The third kappa shape index (κ3) is 3.08. The highest BCUT2D eigenvalue weighted by molar-refractivity contribution is 6.35. The van der Waals surface area contributed by atoms with Crippen LogP contribution in [0.15, 0.2) is 18.2 Å². The van der Waals surface area contributed by atoms with E-state index in [4.69, 9.17) is 34.7 Å². The molecule has 4 heteroatoms. The van der Waals surface area contributed by atoms with Gasteiger partial charge < -0.3 is 11.5 Å². The highest BCUT2D eigenvalue weighted by atomic mass is 35.5. The summed E-state index contributed by atoms with van der Waals surface area (Å²) in [7, 11) is 0. The minimum atomic E-state index is 0.253. The molecule has 2 nitrogen and oxygen atoms in total. The van der Waals surface area contributed by atoms with Gasteiger partial charge in [-0.1, -0.05) is 36.2 Å². The third-order valence-corrected chi connectivity index (χ3v) is 3.33. The molecule has 1 rings (SSSR count). The van der Waals surface area contributed by atoms with Crippen molar-refractivity contribution in [1.29, 1.82) is 0 Å². The molecule has 1 unspecified atom stereocenters. The molecule has 1 atom stereocenters. The van der Waals surface area contributed by atoms with E-state index in [2.05, 4.69) is 6.92 Å². The van der Waals surface area contributed by atoms with Gasteiger partial charge in [0.2, 0.25) is 0 Å². The fourth-order valence-electron chi connectivity index (χ4n) is 1.63. The van der Waals surface area contributed by atoms with E-state index in [1.165, 1.54) is 0 Å². The molecule has 0 spiro atoms. The summed E-state index contributed by atoms with van der Waals surface area (Å²) in [5.41, 5.74) is 12.4. The van der Waals surface area contributed by atoms with Crippen LogP contribution in [0.3, 0.4) is 0 Å². The van der Waals surface area contributed by atoms with Crippen LogP contribution < -0.4 is 11.5 Å². The predicted octanol–water partition coefficient (Wildman–Crippen LogP) is 2.63. The lowest BCUT2D eigenvalue weighted by Gasteiger charge is -2.22. The number of hydrogen-bond acceptors (Lipinski definition) is 2. The molecule has 0 saturated heterocycles. The minimum Gasteiger partial charge on any atom is -0.330 e. The fraction of sp³-hybridized carbons (Fsp3) is 0.455. The van der Waals surface area contributed by atoms with Crippen LogP contribution >= 0.6 is 23.2 Å². The summed E-state index contributed by atoms with van der Waals surface area (Å²) in [6, 6.07) is 5.52. The molecule has 0 aliphatic heterocycles. The van der Waals surface area contributed by atoms with Crippen molar-refractivity contribution in [2.75, 3.05) is 13.1 Å². The van der Waals surface area contributed by atoms with Crippen molar-refractivity contribution in [3.63, 3.8) is 0 Å². The summed E-state index contributed by atoms with van der Waals surface area (Å²) >= 11 is 12.0. The van der Waals surface area contributed by atoms with Gasteiger partial charge in [-0.25, -0.2) is 0 Å². The highest BCUT2D eigenvalue weighted by Crippen LogP contribution is 2.31. The highest BCUT2D eigenvalue weighted by Gasteiger charge is 2.18. The van der Waals surface area contributed by atoms with Crippen LogP contribution in [-0.4, -0.2) is 13.1 Å². The Morgan fingerprint density at radius 1 is 1.20 bits per heavy atom. The van der Waals surface area contributed by atoms with Gasteiger partial charge in [0.15, 0.2) is 0 Å². The third-order valence-electron chi connectivity index (χ3n) is 2.77. The second-order valence-corrected chi connectivity index (χ2v) is 4.53. The average Bonchev–Trinajstić information content (AvgIpc) is 2.19. The standard InChI is InChI=1S/C11H16Cl2N2/c1-7(8(5-14)6-15)10-3-2-9(12)4-11(10)13/h2-4,7-8H,5-6,14-15H2,1H3. The molecular weight excluding hydrogens is 231 g/mol. The number of hydrogen-bond donors (Lipinski definition) is 2. The Balaban J connectivity index is 2.94. The predicted molar refractivity (Wildman–Crippen MR) is 66.5 cm³/mol. The van der Waals surface area contributed by atoms with E-state index < -0.39 is 0 Å². The van der Waals surface area contributed by atoms with E-state index in [9.17, 15) is 0 Å². The molecule has 84 valence electrons. The Morgan fingerprint density at radius 3 is 2.27 bits per heavy atom. The molecule has 0 aliphatic carbocycles. The van der Waals surface area contributed by atoms with Gasteiger partial charge in [0.1, 0.15) is 0 Å². The zero-order valence-electron chi connectivity index (χ0n) is 8.71. The minimum absolute atomic E-state index is 0.253. The number of benzene rings is 1. The molecule has 0 radical (unpaired) electrons. The maximum absolute atomic E-state index is 6.12. The maximum atomic E-state index is 6.12. The van der Waals surface area contributed by atoms with Gasteiger partial charge in [-0.05, 0) is 42.6 Å². The van der Waals surface area contributed by atoms with Crippen molar-refractivity contribution in [1.82, 2.24) is 0 Å². The largest absolute Gasteiger partial charge is 0.330 e. The molecule has 0 aromatic heterocycles. The van der Waals surface area contributed by atoms with Crippen LogP contribution in [0.2, 0.25) is 10.0 Å². The van der Waals surface area contributed by atoms with Crippen molar-refractivity contribution in [2.45, 2.75) is 12.8 Å². The number of rotatable bonds is 4. The van der Waals surface area contributed by atoms with Crippen LogP contribution in [-0.2, 0) is 0 Å². The summed E-state index contributed by atoms with van der Waals surface area (Å²) in [5, 5.41) is 1.33. The van der Waals surface area contributed by atoms with Crippen molar-refractivity contribution in [3.05, 3.63) is 33.8 Å². The molecule has 0 aliphatic rings. The molecule has 1 aromatic carbocycles. The van der Waals surface area contributed by atoms with Crippen molar-refractivity contribution in [3.8, 4) is 0 Å². The molecule has 0 saturated carbocycles. The summed E-state index contributed by atoms with van der Waals surface area (Å²) in [5.74, 6) is 0.508. The summed E-state index contributed by atoms with van der Waals surface area (Å²) in [4.78, 5) is 0. The molecular formula is C11H16Cl2N2. The molecule has 0 amide bonds. The molecule has 0 bridgehead atoms. The van der Waals surface area contributed by atoms with Crippen molar-refractivity contribution >= 4 is 23.2 Å². The van der Waals surface area contributed by atoms with Crippen LogP contribution in [0.1, 0.15) is 18.4 Å². The monoisotopic (exact) mass is 246 g/mol. The first-order chi connectivity index (χ1) is 7.10. The second-order valence-electron chi connectivity index (χ2n) is 3.69. The van der Waals surface area contributed by atoms with Crippen molar-refractivity contribution in [2.24, 2.45) is 17.4 Å². The molecule has 1 aromatic rings. The van der Waals surface area contributed by atoms with Gasteiger partial charge in [-0.2, -0.15) is 0 Å². The smallest absolute Gasteiger partial charge is 0.0455 e.